The Balaban J connectivity index is 1.92. The Kier molecular flexibility index (Phi) is 5.62. The molecule has 0 bridgehead atoms. The maximum absolute atomic E-state index is 12.2. The molecule has 3 atom stereocenters. The Bertz CT molecular complexity index is 476. The number of carbonyl (C=O) groups excluding carboxylic acids is 1. The topological polar surface area (TPSA) is 64.3 Å². The molecule has 3 N–H and O–H groups in total. The minimum absolute atomic E-state index is 0.0616. The predicted octanol–water partition coefficient (Wildman–Crippen LogP) is 2.78. The second-order valence-electron chi connectivity index (χ2n) is 5.94. The molecule has 4 nitrogen and oxygen atoms in total. The Hall–Kier alpha value is -1.55. The van der Waals surface area contributed by atoms with E-state index in [1.807, 2.05) is 31.2 Å². The van der Waals surface area contributed by atoms with Crippen molar-refractivity contribution in [2.45, 2.75) is 51.1 Å². The van der Waals surface area contributed by atoms with Crippen molar-refractivity contribution in [3.63, 3.8) is 0 Å². The molecule has 0 aromatic heterocycles. The van der Waals surface area contributed by atoms with Crippen LogP contribution in [0.2, 0.25) is 0 Å². The molecular weight excluding hydrogens is 264 g/mol. The summed E-state index contributed by atoms with van der Waals surface area (Å²) in [6.07, 6.45) is 5.02. The predicted molar refractivity (Wildman–Crippen MR) is 84.1 cm³/mol. The van der Waals surface area contributed by atoms with Crippen LogP contribution in [0.5, 0.6) is 5.75 Å². The molecule has 1 aliphatic carbocycles. The maximum Gasteiger partial charge on any atom is 0.220 e. The summed E-state index contributed by atoms with van der Waals surface area (Å²) in [6.45, 7) is 1.98. The van der Waals surface area contributed by atoms with E-state index in [0.717, 1.165) is 24.2 Å². The first-order valence-corrected chi connectivity index (χ1v) is 7.79. The maximum atomic E-state index is 12.2. The van der Waals surface area contributed by atoms with Crippen LogP contribution in [-0.4, -0.2) is 19.1 Å². The van der Waals surface area contributed by atoms with Gasteiger partial charge in [-0.2, -0.15) is 0 Å². The SMILES string of the molecule is COc1ccccc1C(C)NC(=O)CC1CCCCC1N. The molecule has 21 heavy (non-hydrogen) atoms. The number of carbonyl (C=O) groups is 1. The molecule has 2 rings (SSSR count). The van der Waals surface area contributed by atoms with E-state index in [1.165, 1.54) is 12.8 Å². The molecule has 1 fully saturated rings. The lowest BCUT2D eigenvalue weighted by molar-refractivity contribution is -0.123. The molecule has 0 heterocycles. The Labute approximate surface area is 127 Å². The van der Waals surface area contributed by atoms with Crippen molar-refractivity contribution in [1.29, 1.82) is 0 Å². The Morgan fingerprint density at radius 1 is 1.38 bits per heavy atom. The third-order valence-electron chi connectivity index (χ3n) is 4.40. The fourth-order valence-corrected chi connectivity index (χ4v) is 3.13. The second-order valence-corrected chi connectivity index (χ2v) is 5.94. The highest BCUT2D eigenvalue weighted by molar-refractivity contribution is 5.76. The van der Waals surface area contributed by atoms with Crippen molar-refractivity contribution in [2.75, 3.05) is 7.11 Å². The standard InChI is InChI=1S/C17H26N2O2/c1-12(14-8-4-6-10-16(14)21-2)19-17(20)11-13-7-3-5-9-15(13)18/h4,6,8,10,12-13,15H,3,5,7,9,11,18H2,1-2H3,(H,19,20). The summed E-state index contributed by atoms with van der Waals surface area (Å²) in [5.41, 5.74) is 7.12. The van der Waals surface area contributed by atoms with E-state index in [1.54, 1.807) is 7.11 Å². The van der Waals surface area contributed by atoms with Crippen LogP contribution in [0.25, 0.3) is 0 Å². The molecular formula is C17H26N2O2. The minimum Gasteiger partial charge on any atom is -0.496 e. The van der Waals surface area contributed by atoms with Gasteiger partial charge in [-0.25, -0.2) is 0 Å². The molecule has 1 saturated carbocycles. The Morgan fingerprint density at radius 3 is 2.81 bits per heavy atom. The van der Waals surface area contributed by atoms with Crippen molar-refractivity contribution in [3.8, 4) is 5.75 Å². The monoisotopic (exact) mass is 290 g/mol. The lowest BCUT2D eigenvalue weighted by atomic mass is 9.83. The number of nitrogens with one attached hydrogen (secondary N) is 1. The number of amides is 1. The molecule has 1 amide bonds. The lowest BCUT2D eigenvalue weighted by Gasteiger charge is -2.28. The van der Waals surface area contributed by atoms with Gasteiger partial charge >= 0.3 is 0 Å². The van der Waals surface area contributed by atoms with Crippen LogP contribution < -0.4 is 15.8 Å². The molecule has 1 aromatic carbocycles. The average molecular weight is 290 g/mol. The summed E-state index contributed by atoms with van der Waals surface area (Å²) in [6, 6.07) is 7.89. The van der Waals surface area contributed by atoms with E-state index in [4.69, 9.17) is 10.5 Å². The van der Waals surface area contributed by atoms with Crippen LogP contribution >= 0.6 is 0 Å². The molecule has 116 valence electrons. The van der Waals surface area contributed by atoms with E-state index in [9.17, 15) is 4.79 Å². The minimum atomic E-state index is -0.0616. The first-order valence-electron chi connectivity index (χ1n) is 7.79. The zero-order valence-electron chi connectivity index (χ0n) is 13.0. The summed E-state index contributed by atoms with van der Waals surface area (Å²) in [7, 11) is 1.65. The zero-order chi connectivity index (χ0) is 15.2. The normalized spacial score (nSPS) is 23.4. The number of hydrogen-bond donors (Lipinski definition) is 2. The lowest BCUT2D eigenvalue weighted by Crippen LogP contribution is -2.37. The number of ether oxygens (including phenoxy) is 1. The molecule has 0 spiro atoms. The Morgan fingerprint density at radius 2 is 2.10 bits per heavy atom. The number of nitrogens with two attached hydrogens (primary N) is 1. The summed E-state index contributed by atoms with van der Waals surface area (Å²) in [5, 5.41) is 3.06. The highest BCUT2D eigenvalue weighted by atomic mass is 16.5. The fraction of sp³-hybridized carbons (Fsp3) is 0.588. The number of hydrogen-bond acceptors (Lipinski definition) is 3. The third kappa shape index (κ3) is 4.21. The van der Waals surface area contributed by atoms with Gasteiger partial charge in [-0.15, -0.1) is 0 Å². The summed E-state index contributed by atoms with van der Waals surface area (Å²) >= 11 is 0. The molecule has 0 aliphatic heterocycles. The van der Waals surface area contributed by atoms with E-state index in [0.29, 0.717) is 12.3 Å². The van der Waals surface area contributed by atoms with E-state index in [2.05, 4.69) is 5.32 Å². The van der Waals surface area contributed by atoms with Gasteiger partial charge in [0.2, 0.25) is 5.91 Å². The van der Waals surface area contributed by atoms with Gasteiger partial charge in [-0.05, 0) is 31.7 Å². The van der Waals surface area contributed by atoms with Crippen LogP contribution in [0, 0.1) is 5.92 Å². The zero-order valence-corrected chi connectivity index (χ0v) is 13.0. The first kappa shape index (κ1) is 15.8. The van der Waals surface area contributed by atoms with Crippen molar-refractivity contribution in [2.24, 2.45) is 11.7 Å². The summed E-state index contributed by atoms with van der Waals surface area (Å²) in [5.74, 6) is 1.21. The van der Waals surface area contributed by atoms with Crippen LogP contribution in [0.4, 0.5) is 0 Å². The quantitative estimate of drug-likeness (QED) is 0.876. The first-order chi connectivity index (χ1) is 10.1. The summed E-state index contributed by atoms with van der Waals surface area (Å²) < 4.78 is 5.34. The van der Waals surface area contributed by atoms with Crippen LogP contribution in [0.1, 0.15) is 50.6 Å². The molecule has 4 heteroatoms. The summed E-state index contributed by atoms with van der Waals surface area (Å²) in [4.78, 5) is 12.2. The van der Waals surface area contributed by atoms with E-state index >= 15 is 0 Å². The molecule has 3 unspecified atom stereocenters. The number of benzene rings is 1. The number of rotatable bonds is 5. The largest absolute Gasteiger partial charge is 0.496 e. The molecule has 0 saturated heterocycles. The van der Waals surface area contributed by atoms with Gasteiger partial charge < -0.3 is 15.8 Å². The molecule has 1 aromatic rings. The van der Waals surface area contributed by atoms with Gasteiger partial charge in [-0.1, -0.05) is 31.0 Å². The second kappa shape index (κ2) is 7.46. The van der Waals surface area contributed by atoms with Crippen LogP contribution in [0.3, 0.4) is 0 Å². The van der Waals surface area contributed by atoms with Gasteiger partial charge in [0.25, 0.3) is 0 Å². The molecule has 0 radical (unpaired) electrons. The van der Waals surface area contributed by atoms with Crippen molar-refractivity contribution in [1.82, 2.24) is 5.32 Å². The van der Waals surface area contributed by atoms with E-state index in [-0.39, 0.29) is 18.0 Å². The van der Waals surface area contributed by atoms with Crippen LogP contribution in [0.15, 0.2) is 24.3 Å². The fourth-order valence-electron chi connectivity index (χ4n) is 3.13. The van der Waals surface area contributed by atoms with Crippen molar-refractivity contribution >= 4 is 5.91 Å². The van der Waals surface area contributed by atoms with Gasteiger partial charge in [0.15, 0.2) is 0 Å². The van der Waals surface area contributed by atoms with Crippen LogP contribution in [-0.2, 0) is 4.79 Å². The van der Waals surface area contributed by atoms with Gasteiger partial charge in [0.05, 0.1) is 13.2 Å². The van der Waals surface area contributed by atoms with Crippen molar-refractivity contribution in [3.05, 3.63) is 29.8 Å². The number of methoxy groups -OCH3 is 1. The third-order valence-corrected chi connectivity index (χ3v) is 4.40. The van der Waals surface area contributed by atoms with E-state index < -0.39 is 0 Å². The van der Waals surface area contributed by atoms with Gasteiger partial charge in [0, 0.05) is 18.0 Å². The highest BCUT2D eigenvalue weighted by Gasteiger charge is 2.25. The smallest absolute Gasteiger partial charge is 0.220 e. The van der Waals surface area contributed by atoms with Gasteiger partial charge in [0.1, 0.15) is 5.75 Å². The van der Waals surface area contributed by atoms with Gasteiger partial charge in [-0.3, -0.25) is 4.79 Å². The highest BCUT2D eigenvalue weighted by Crippen LogP contribution is 2.27. The molecule has 1 aliphatic rings. The number of para-hydroxylation sites is 1. The van der Waals surface area contributed by atoms with Crippen molar-refractivity contribution < 1.29 is 9.53 Å². The average Bonchev–Trinajstić information content (AvgIpc) is 2.49.